The summed E-state index contributed by atoms with van der Waals surface area (Å²) in [4.78, 5) is 19.7. The molecule has 7 nitrogen and oxygen atoms in total. The number of rotatable bonds is 7. The molecule has 1 fully saturated rings. The summed E-state index contributed by atoms with van der Waals surface area (Å²) in [5.41, 5.74) is 1.32. The van der Waals surface area contributed by atoms with Crippen molar-refractivity contribution in [3.05, 3.63) is 48.5 Å². The summed E-state index contributed by atoms with van der Waals surface area (Å²) >= 11 is 0. The zero-order chi connectivity index (χ0) is 22.5. The van der Waals surface area contributed by atoms with Crippen LogP contribution in [0.2, 0.25) is 0 Å². The third-order valence-electron chi connectivity index (χ3n) is 5.82. The Labute approximate surface area is 188 Å². The molecular formula is C25H29N3O4. The SMILES string of the molecule is COc1ccc(NC(=O)COc2cccc3ccc(N4CCC(C)CC4)nc23)c(OC)c1. The average molecular weight is 436 g/mol. The van der Waals surface area contributed by atoms with E-state index in [2.05, 4.69) is 29.3 Å². The van der Waals surface area contributed by atoms with Crippen LogP contribution in [0.15, 0.2) is 48.5 Å². The van der Waals surface area contributed by atoms with Gasteiger partial charge in [-0.25, -0.2) is 4.98 Å². The summed E-state index contributed by atoms with van der Waals surface area (Å²) in [6.45, 7) is 4.18. The highest BCUT2D eigenvalue weighted by atomic mass is 16.5. The number of pyridine rings is 1. The first-order chi connectivity index (χ1) is 15.6. The summed E-state index contributed by atoms with van der Waals surface area (Å²) in [5, 5.41) is 3.81. The molecule has 4 rings (SSSR count). The maximum absolute atomic E-state index is 12.5. The van der Waals surface area contributed by atoms with Crippen molar-refractivity contribution in [2.75, 3.05) is 44.1 Å². The first-order valence-electron chi connectivity index (χ1n) is 10.9. The van der Waals surface area contributed by atoms with E-state index in [1.807, 2.05) is 18.2 Å². The van der Waals surface area contributed by atoms with E-state index in [1.54, 1.807) is 32.4 Å². The zero-order valence-electron chi connectivity index (χ0n) is 18.8. The Morgan fingerprint density at radius 3 is 2.62 bits per heavy atom. The topological polar surface area (TPSA) is 72.9 Å². The van der Waals surface area contributed by atoms with Crippen LogP contribution in [0.1, 0.15) is 19.8 Å². The van der Waals surface area contributed by atoms with Crippen LogP contribution < -0.4 is 24.4 Å². The minimum absolute atomic E-state index is 0.137. The van der Waals surface area contributed by atoms with E-state index in [-0.39, 0.29) is 12.5 Å². The number of hydrogen-bond acceptors (Lipinski definition) is 6. The van der Waals surface area contributed by atoms with Gasteiger partial charge in [0.1, 0.15) is 28.6 Å². The normalized spacial score (nSPS) is 14.3. The van der Waals surface area contributed by atoms with Gasteiger partial charge in [0.25, 0.3) is 5.91 Å². The lowest BCUT2D eigenvalue weighted by atomic mass is 9.99. The van der Waals surface area contributed by atoms with Gasteiger partial charge in [0.15, 0.2) is 6.61 Å². The minimum Gasteiger partial charge on any atom is -0.497 e. The Kier molecular flexibility index (Phi) is 6.63. The Bertz CT molecular complexity index is 1090. The molecule has 0 radical (unpaired) electrons. The average Bonchev–Trinajstić information content (AvgIpc) is 2.83. The number of piperidine rings is 1. The number of aromatic nitrogens is 1. The Hall–Kier alpha value is -3.48. The third kappa shape index (κ3) is 4.88. The lowest BCUT2D eigenvalue weighted by Gasteiger charge is -2.31. The molecule has 1 amide bonds. The number of amides is 1. The van der Waals surface area contributed by atoms with E-state index in [0.29, 0.717) is 22.9 Å². The molecule has 1 N–H and O–H groups in total. The number of methoxy groups -OCH3 is 2. The Balaban J connectivity index is 1.47. The molecule has 1 aromatic heterocycles. The van der Waals surface area contributed by atoms with Crippen molar-refractivity contribution in [3.63, 3.8) is 0 Å². The number of benzene rings is 2. The monoisotopic (exact) mass is 435 g/mol. The molecule has 2 heterocycles. The molecule has 3 aromatic rings. The number of nitrogens with zero attached hydrogens (tertiary/aromatic N) is 2. The molecule has 168 valence electrons. The van der Waals surface area contributed by atoms with Gasteiger partial charge in [0.05, 0.1) is 19.9 Å². The van der Waals surface area contributed by atoms with Gasteiger partial charge in [-0.15, -0.1) is 0 Å². The van der Waals surface area contributed by atoms with Crippen molar-refractivity contribution in [1.29, 1.82) is 0 Å². The van der Waals surface area contributed by atoms with Crippen molar-refractivity contribution in [2.24, 2.45) is 5.92 Å². The van der Waals surface area contributed by atoms with Gasteiger partial charge >= 0.3 is 0 Å². The quantitative estimate of drug-likeness (QED) is 0.589. The van der Waals surface area contributed by atoms with E-state index in [0.717, 1.165) is 35.7 Å². The van der Waals surface area contributed by atoms with Crippen molar-refractivity contribution in [3.8, 4) is 17.2 Å². The molecule has 1 aliphatic rings. The number of carbonyl (C=O) groups excluding carboxylic acids is 1. The summed E-state index contributed by atoms with van der Waals surface area (Å²) in [5.74, 6) is 3.18. The summed E-state index contributed by atoms with van der Waals surface area (Å²) in [7, 11) is 3.12. The highest BCUT2D eigenvalue weighted by Crippen LogP contribution is 2.30. The van der Waals surface area contributed by atoms with Crippen LogP contribution in [0.5, 0.6) is 17.2 Å². The van der Waals surface area contributed by atoms with E-state index < -0.39 is 0 Å². The molecule has 7 heteroatoms. The molecular weight excluding hydrogens is 406 g/mol. The molecule has 0 atom stereocenters. The van der Waals surface area contributed by atoms with Gasteiger partial charge in [-0.2, -0.15) is 0 Å². The lowest BCUT2D eigenvalue weighted by Crippen LogP contribution is -2.33. The van der Waals surface area contributed by atoms with E-state index in [1.165, 1.54) is 12.8 Å². The molecule has 0 bridgehead atoms. The van der Waals surface area contributed by atoms with Crippen molar-refractivity contribution in [2.45, 2.75) is 19.8 Å². The molecule has 0 spiro atoms. The van der Waals surface area contributed by atoms with Crippen LogP contribution in [0.25, 0.3) is 10.9 Å². The molecule has 0 aliphatic carbocycles. The van der Waals surface area contributed by atoms with Gasteiger partial charge in [0.2, 0.25) is 0 Å². The highest BCUT2D eigenvalue weighted by Gasteiger charge is 2.18. The fraction of sp³-hybridized carbons (Fsp3) is 0.360. The van der Waals surface area contributed by atoms with Crippen LogP contribution in [0.3, 0.4) is 0 Å². The standard InChI is InChI=1S/C25H29N3O4/c1-17-11-13-28(14-12-17)23-10-7-18-5-4-6-21(25(18)27-23)32-16-24(29)26-20-9-8-19(30-2)15-22(20)31-3/h4-10,15,17H,11-14,16H2,1-3H3,(H,26,29). The van der Waals surface area contributed by atoms with E-state index >= 15 is 0 Å². The number of hydrogen-bond donors (Lipinski definition) is 1. The maximum Gasteiger partial charge on any atom is 0.262 e. The first kappa shape index (κ1) is 21.7. The van der Waals surface area contributed by atoms with Crippen molar-refractivity contribution < 1.29 is 19.0 Å². The predicted octanol–water partition coefficient (Wildman–Crippen LogP) is 4.51. The second-order valence-corrected chi connectivity index (χ2v) is 8.07. The third-order valence-corrected chi connectivity index (χ3v) is 5.82. The summed E-state index contributed by atoms with van der Waals surface area (Å²) in [6, 6.07) is 15.1. The van der Waals surface area contributed by atoms with Crippen molar-refractivity contribution in [1.82, 2.24) is 4.98 Å². The maximum atomic E-state index is 12.5. The second kappa shape index (κ2) is 9.77. The zero-order valence-corrected chi connectivity index (χ0v) is 18.8. The largest absolute Gasteiger partial charge is 0.497 e. The number of anilines is 2. The molecule has 2 aromatic carbocycles. The van der Waals surface area contributed by atoms with E-state index in [4.69, 9.17) is 19.2 Å². The Morgan fingerprint density at radius 1 is 1.06 bits per heavy atom. The summed E-state index contributed by atoms with van der Waals surface area (Å²) in [6.07, 6.45) is 2.35. The van der Waals surface area contributed by atoms with Crippen LogP contribution in [0, 0.1) is 5.92 Å². The van der Waals surface area contributed by atoms with Gasteiger partial charge in [-0.05, 0) is 49.1 Å². The second-order valence-electron chi connectivity index (χ2n) is 8.07. The number of ether oxygens (including phenoxy) is 3. The van der Waals surface area contributed by atoms with E-state index in [9.17, 15) is 4.79 Å². The van der Waals surface area contributed by atoms with Crippen LogP contribution in [0.4, 0.5) is 11.5 Å². The smallest absolute Gasteiger partial charge is 0.262 e. The van der Waals surface area contributed by atoms with Crippen LogP contribution in [-0.4, -0.2) is 44.8 Å². The predicted molar refractivity (Wildman–Crippen MR) is 126 cm³/mol. The minimum atomic E-state index is -0.286. The fourth-order valence-electron chi connectivity index (χ4n) is 3.87. The van der Waals surface area contributed by atoms with Gasteiger partial charge in [-0.3, -0.25) is 4.79 Å². The summed E-state index contributed by atoms with van der Waals surface area (Å²) < 4.78 is 16.4. The Morgan fingerprint density at radius 2 is 1.88 bits per heavy atom. The fourth-order valence-corrected chi connectivity index (χ4v) is 3.87. The molecule has 0 saturated carbocycles. The lowest BCUT2D eigenvalue weighted by molar-refractivity contribution is -0.118. The number of carbonyl (C=O) groups is 1. The molecule has 32 heavy (non-hydrogen) atoms. The number of fused-ring (bicyclic) bond motifs is 1. The van der Waals surface area contributed by atoms with Gasteiger partial charge in [-0.1, -0.05) is 19.1 Å². The highest BCUT2D eigenvalue weighted by molar-refractivity contribution is 5.94. The number of nitrogens with one attached hydrogen (secondary N) is 1. The van der Waals surface area contributed by atoms with Gasteiger partial charge in [0, 0.05) is 24.5 Å². The number of para-hydroxylation sites is 1. The molecule has 1 saturated heterocycles. The van der Waals surface area contributed by atoms with Crippen LogP contribution >= 0.6 is 0 Å². The van der Waals surface area contributed by atoms with Gasteiger partial charge < -0.3 is 24.4 Å². The van der Waals surface area contributed by atoms with Crippen molar-refractivity contribution >= 4 is 28.3 Å². The molecule has 1 aliphatic heterocycles. The first-order valence-corrected chi connectivity index (χ1v) is 10.9. The van der Waals surface area contributed by atoms with Crippen LogP contribution in [-0.2, 0) is 4.79 Å². The molecule has 0 unspecified atom stereocenters.